The van der Waals surface area contributed by atoms with E-state index in [0.717, 1.165) is 13.1 Å². The Bertz CT molecular complexity index is 391. The number of hydrogen-bond donors (Lipinski definition) is 0. The predicted molar refractivity (Wildman–Crippen MR) is 77.0 cm³/mol. The van der Waals surface area contributed by atoms with Crippen LogP contribution in [0.2, 0.25) is 5.02 Å². The first-order valence-electron chi connectivity index (χ1n) is 6.45. The molecule has 0 aliphatic carbocycles. The van der Waals surface area contributed by atoms with Gasteiger partial charge in [-0.15, -0.1) is 0 Å². The van der Waals surface area contributed by atoms with Crippen molar-refractivity contribution in [2.45, 2.75) is 27.7 Å². The summed E-state index contributed by atoms with van der Waals surface area (Å²) in [5.74, 6) is 0.999. The number of carbonyl (C=O) groups is 1. The van der Waals surface area contributed by atoms with Gasteiger partial charge >= 0.3 is 0 Å². The van der Waals surface area contributed by atoms with Gasteiger partial charge < -0.3 is 4.90 Å². The maximum Gasteiger partial charge on any atom is 0.253 e. The number of halogens is 1. The van der Waals surface area contributed by atoms with Crippen molar-refractivity contribution in [2.75, 3.05) is 13.1 Å². The molecule has 2 nitrogen and oxygen atoms in total. The minimum atomic E-state index is 0.0694. The number of rotatable bonds is 5. The summed E-state index contributed by atoms with van der Waals surface area (Å²) < 4.78 is 0. The smallest absolute Gasteiger partial charge is 0.253 e. The second-order valence-electron chi connectivity index (χ2n) is 5.51. The Hall–Kier alpha value is -1.02. The summed E-state index contributed by atoms with van der Waals surface area (Å²) >= 11 is 5.93. The van der Waals surface area contributed by atoms with Gasteiger partial charge in [-0.05, 0) is 30.0 Å². The van der Waals surface area contributed by atoms with E-state index in [1.165, 1.54) is 0 Å². The van der Waals surface area contributed by atoms with Crippen molar-refractivity contribution in [1.29, 1.82) is 0 Å². The average Bonchev–Trinajstić information content (AvgIpc) is 2.26. The van der Waals surface area contributed by atoms with Gasteiger partial charge in [-0.2, -0.15) is 0 Å². The SMILES string of the molecule is CC(C)CN(CC(C)C)C(=O)c1cccc(Cl)c1. The maximum absolute atomic E-state index is 12.4. The molecule has 0 aromatic heterocycles. The summed E-state index contributed by atoms with van der Waals surface area (Å²) in [6.45, 7) is 10.1. The van der Waals surface area contributed by atoms with Gasteiger partial charge in [-0.25, -0.2) is 0 Å². The Labute approximate surface area is 115 Å². The van der Waals surface area contributed by atoms with Crippen LogP contribution in [0.5, 0.6) is 0 Å². The summed E-state index contributed by atoms with van der Waals surface area (Å²) in [6.07, 6.45) is 0. The predicted octanol–water partition coefficient (Wildman–Crippen LogP) is 4.09. The average molecular weight is 268 g/mol. The van der Waals surface area contributed by atoms with E-state index in [-0.39, 0.29) is 5.91 Å². The minimum Gasteiger partial charge on any atom is -0.338 e. The Morgan fingerprint density at radius 3 is 2.17 bits per heavy atom. The summed E-state index contributed by atoms with van der Waals surface area (Å²) in [4.78, 5) is 14.4. The van der Waals surface area contributed by atoms with Crippen LogP contribution in [0.1, 0.15) is 38.1 Å². The molecule has 0 atom stereocenters. The molecule has 0 aliphatic rings. The van der Waals surface area contributed by atoms with Crippen LogP contribution < -0.4 is 0 Å². The molecule has 18 heavy (non-hydrogen) atoms. The lowest BCUT2D eigenvalue weighted by Gasteiger charge is -2.26. The number of carbonyl (C=O) groups excluding carboxylic acids is 1. The fourth-order valence-electron chi connectivity index (χ4n) is 1.93. The highest BCUT2D eigenvalue weighted by atomic mass is 35.5. The minimum absolute atomic E-state index is 0.0694. The lowest BCUT2D eigenvalue weighted by Crippen LogP contribution is -2.37. The Morgan fingerprint density at radius 1 is 1.17 bits per heavy atom. The van der Waals surface area contributed by atoms with E-state index >= 15 is 0 Å². The zero-order valence-electron chi connectivity index (χ0n) is 11.6. The number of nitrogens with zero attached hydrogens (tertiary/aromatic N) is 1. The molecule has 0 bridgehead atoms. The zero-order valence-corrected chi connectivity index (χ0v) is 12.4. The molecular formula is C15H22ClNO. The van der Waals surface area contributed by atoms with Gasteiger partial charge in [0.2, 0.25) is 0 Å². The molecule has 1 amide bonds. The van der Waals surface area contributed by atoms with Gasteiger partial charge in [0.25, 0.3) is 5.91 Å². The van der Waals surface area contributed by atoms with Crippen molar-refractivity contribution in [3.63, 3.8) is 0 Å². The molecule has 3 heteroatoms. The highest BCUT2D eigenvalue weighted by Gasteiger charge is 2.17. The topological polar surface area (TPSA) is 20.3 Å². The van der Waals surface area contributed by atoms with Gasteiger partial charge in [-0.1, -0.05) is 45.4 Å². The standard InChI is InChI=1S/C15H22ClNO/c1-11(2)9-17(10-12(3)4)15(18)13-6-5-7-14(16)8-13/h5-8,11-12H,9-10H2,1-4H3. The lowest BCUT2D eigenvalue weighted by molar-refractivity contribution is 0.0715. The van der Waals surface area contributed by atoms with Crippen LogP contribution in [0.15, 0.2) is 24.3 Å². The van der Waals surface area contributed by atoms with Crippen LogP contribution in [0.4, 0.5) is 0 Å². The van der Waals surface area contributed by atoms with Crippen LogP contribution in [0, 0.1) is 11.8 Å². The summed E-state index contributed by atoms with van der Waals surface area (Å²) in [5, 5.41) is 0.606. The highest BCUT2D eigenvalue weighted by molar-refractivity contribution is 6.30. The van der Waals surface area contributed by atoms with E-state index in [1.807, 2.05) is 17.0 Å². The van der Waals surface area contributed by atoms with Crippen molar-refractivity contribution in [3.05, 3.63) is 34.9 Å². The van der Waals surface area contributed by atoms with Crippen LogP contribution in [-0.4, -0.2) is 23.9 Å². The van der Waals surface area contributed by atoms with Gasteiger partial charge in [0.1, 0.15) is 0 Å². The van der Waals surface area contributed by atoms with Crippen LogP contribution in [0.25, 0.3) is 0 Å². The first-order valence-corrected chi connectivity index (χ1v) is 6.82. The molecule has 0 aliphatic heterocycles. The van der Waals surface area contributed by atoms with Gasteiger partial charge in [0, 0.05) is 23.7 Å². The summed E-state index contributed by atoms with van der Waals surface area (Å²) in [6, 6.07) is 7.16. The Kier molecular flexibility index (Phi) is 5.67. The zero-order chi connectivity index (χ0) is 13.7. The fraction of sp³-hybridized carbons (Fsp3) is 0.533. The lowest BCUT2D eigenvalue weighted by atomic mass is 10.1. The van der Waals surface area contributed by atoms with Crippen LogP contribution in [-0.2, 0) is 0 Å². The molecule has 100 valence electrons. The normalized spacial score (nSPS) is 11.1. The molecule has 0 unspecified atom stereocenters. The third-order valence-corrected chi connectivity index (χ3v) is 2.76. The second-order valence-corrected chi connectivity index (χ2v) is 5.94. The molecule has 0 saturated carbocycles. The van der Waals surface area contributed by atoms with Crippen LogP contribution in [0.3, 0.4) is 0 Å². The summed E-state index contributed by atoms with van der Waals surface area (Å²) in [5.41, 5.74) is 0.670. The molecule has 0 saturated heterocycles. The van der Waals surface area contributed by atoms with Crippen molar-refractivity contribution in [3.8, 4) is 0 Å². The molecule has 1 aromatic rings. The number of hydrogen-bond acceptors (Lipinski definition) is 1. The number of benzene rings is 1. The number of amides is 1. The largest absolute Gasteiger partial charge is 0.338 e. The van der Waals surface area contributed by atoms with Crippen molar-refractivity contribution < 1.29 is 4.79 Å². The molecule has 0 fully saturated rings. The van der Waals surface area contributed by atoms with Crippen molar-refractivity contribution in [2.24, 2.45) is 11.8 Å². The molecular weight excluding hydrogens is 246 g/mol. The quantitative estimate of drug-likeness (QED) is 0.787. The van der Waals surface area contributed by atoms with Gasteiger partial charge in [0.05, 0.1) is 0 Å². The molecule has 1 rings (SSSR count). The van der Waals surface area contributed by atoms with Crippen LogP contribution >= 0.6 is 11.6 Å². The third-order valence-electron chi connectivity index (χ3n) is 2.53. The molecule has 0 radical (unpaired) electrons. The Balaban J connectivity index is 2.87. The van der Waals surface area contributed by atoms with Gasteiger partial charge in [-0.3, -0.25) is 4.79 Å². The third kappa shape index (κ3) is 4.69. The highest BCUT2D eigenvalue weighted by Crippen LogP contribution is 2.14. The molecule has 0 N–H and O–H groups in total. The van der Waals surface area contributed by atoms with E-state index in [0.29, 0.717) is 22.4 Å². The van der Waals surface area contributed by atoms with Crippen molar-refractivity contribution >= 4 is 17.5 Å². The van der Waals surface area contributed by atoms with E-state index in [9.17, 15) is 4.79 Å². The first kappa shape index (κ1) is 15.0. The fourth-order valence-corrected chi connectivity index (χ4v) is 2.12. The van der Waals surface area contributed by atoms with E-state index < -0.39 is 0 Å². The monoisotopic (exact) mass is 267 g/mol. The van der Waals surface area contributed by atoms with Crippen molar-refractivity contribution in [1.82, 2.24) is 4.90 Å². The molecule has 0 spiro atoms. The second kappa shape index (κ2) is 6.79. The molecule has 0 heterocycles. The van der Waals surface area contributed by atoms with E-state index in [1.54, 1.807) is 12.1 Å². The molecule has 1 aromatic carbocycles. The van der Waals surface area contributed by atoms with Gasteiger partial charge in [0.15, 0.2) is 0 Å². The summed E-state index contributed by atoms with van der Waals surface area (Å²) in [7, 11) is 0. The maximum atomic E-state index is 12.4. The van der Waals surface area contributed by atoms with E-state index in [2.05, 4.69) is 27.7 Å². The Morgan fingerprint density at radius 2 is 1.72 bits per heavy atom. The van der Waals surface area contributed by atoms with E-state index in [4.69, 9.17) is 11.6 Å². The first-order chi connectivity index (χ1) is 8.40.